The molecule has 2 aliphatic rings. The van der Waals surface area contributed by atoms with Crippen LogP contribution in [0.5, 0.6) is 0 Å². The van der Waals surface area contributed by atoms with Crippen LogP contribution < -0.4 is 0 Å². The number of benzene rings is 1. The monoisotopic (exact) mass is 367 g/mol. The van der Waals surface area contributed by atoms with E-state index in [1.165, 1.54) is 4.90 Å². The van der Waals surface area contributed by atoms with Crippen molar-refractivity contribution in [1.29, 1.82) is 0 Å². The maximum Gasteiger partial charge on any atom is 0.328 e. The summed E-state index contributed by atoms with van der Waals surface area (Å²) in [5.74, 6) is -1.27. The number of hydrogen-bond acceptors (Lipinski definition) is 3. The number of halogens is 1. The molecule has 1 aliphatic carbocycles. The summed E-state index contributed by atoms with van der Waals surface area (Å²) in [4.78, 5) is 25.9. The average molecular weight is 368 g/mol. The van der Waals surface area contributed by atoms with Gasteiger partial charge in [-0.1, -0.05) is 22.4 Å². The lowest BCUT2D eigenvalue weighted by molar-refractivity contribution is -0.143. The summed E-state index contributed by atoms with van der Waals surface area (Å²) in [6.07, 6.45) is 4.42. The summed E-state index contributed by atoms with van der Waals surface area (Å²) in [6, 6.07) is 6.08. The highest BCUT2D eigenvalue weighted by Gasteiger charge is 2.53. The fourth-order valence-electron chi connectivity index (χ4n) is 3.39. The van der Waals surface area contributed by atoms with Crippen LogP contribution in [0.1, 0.15) is 42.5 Å². The molecule has 1 aliphatic heterocycles. The minimum Gasteiger partial charge on any atom is -0.480 e. The van der Waals surface area contributed by atoms with Crippen molar-refractivity contribution in [2.24, 2.45) is 0 Å². The van der Waals surface area contributed by atoms with Gasteiger partial charge in [0.25, 0.3) is 5.91 Å². The Kier molecular flexibility index (Phi) is 4.23. The first kappa shape index (κ1) is 15.5. The van der Waals surface area contributed by atoms with Crippen LogP contribution in [0.15, 0.2) is 28.7 Å². The molecule has 2 fully saturated rings. The van der Waals surface area contributed by atoms with Gasteiger partial charge in [-0.05, 0) is 49.9 Å². The van der Waals surface area contributed by atoms with Crippen molar-refractivity contribution in [3.63, 3.8) is 0 Å². The molecular formula is C16H18BrNO4. The first-order valence-electron chi connectivity index (χ1n) is 7.49. The largest absolute Gasteiger partial charge is 0.480 e. The molecule has 22 heavy (non-hydrogen) atoms. The van der Waals surface area contributed by atoms with Gasteiger partial charge in [0.05, 0.1) is 6.61 Å². The summed E-state index contributed by atoms with van der Waals surface area (Å²) in [5.41, 5.74) is -0.254. The Bertz CT molecular complexity index is 580. The third-order valence-corrected chi connectivity index (χ3v) is 5.02. The summed E-state index contributed by atoms with van der Waals surface area (Å²) in [5, 5.41) is 9.46. The predicted octanol–water partition coefficient (Wildman–Crippen LogP) is 3.04. The molecule has 0 bridgehead atoms. The highest BCUT2D eigenvalue weighted by molar-refractivity contribution is 9.10. The highest BCUT2D eigenvalue weighted by atomic mass is 79.9. The number of amides is 1. The number of aliphatic carboxylic acids is 1. The lowest BCUT2D eigenvalue weighted by Gasteiger charge is -2.41. The molecule has 1 aromatic rings. The molecule has 1 spiro atoms. The molecular weight excluding hydrogens is 350 g/mol. The Hall–Kier alpha value is -1.40. The van der Waals surface area contributed by atoms with Crippen molar-refractivity contribution in [3.05, 3.63) is 34.3 Å². The normalized spacial score (nSPS) is 23.7. The summed E-state index contributed by atoms with van der Waals surface area (Å²) >= 11 is 3.34. The smallest absolute Gasteiger partial charge is 0.328 e. The van der Waals surface area contributed by atoms with Crippen molar-refractivity contribution in [2.75, 3.05) is 6.61 Å². The molecule has 1 heterocycles. The van der Waals surface area contributed by atoms with E-state index in [9.17, 15) is 14.7 Å². The third kappa shape index (κ3) is 2.65. The maximum atomic E-state index is 12.9. The van der Waals surface area contributed by atoms with Crippen LogP contribution in [0.4, 0.5) is 0 Å². The molecule has 5 nitrogen and oxygen atoms in total. The second-order valence-electron chi connectivity index (χ2n) is 5.85. The van der Waals surface area contributed by atoms with Gasteiger partial charge in [0.2, 0.25) is 0 Å². The summed E-state index contributed by atoms with van der Waals surface area (Å²) in [6.45, 7) is 0.0671. The maximum absolute atomic E-state index is 12.9. The van der Waals surface area contributed by atoms with Gasteiger partial charge in [-0.3, -0.25) is 9.69 Å². The Labute approximate surface area is 137 Å². The van der Waals surface area contributed by atoms with Crippen LogP contribution in [0.2, 0.25) is 0 Å². The van der Waals surface area contributed by atoms with E-state index >= 15 is 0 Å². The zero-order chi connectivity index (χ0) is 15.7. The van der Waals surface area contributed by atoms with Gasteiger partial charge in [0.15, 0.2) is 6.04 Å². The molecule has 0 aromatic heterocycles. The Morgan fingerprint density at radius 2 is 1.82 bits per heavy atom. The minimum absolute atomic E-state index is 0.0671. The fourth-order valence-corrected chi connectivity index (χ4v) is 3.66. The van der Waals surface area contributed by atoms with Crippen molar-refractivity contribution >= 4 is 27.8 Å². The van der Waals surface area contributed by atoms with E-state index < -0.39 is 17.7 Å². The van der Waals surface area contributed by atoms with Crippen LogP contribution in [-0.4, -0.2) is 40.3 Å². The lowest BCUT2D eigenvalue weighted by Crippen LogP contribution is -2.54. The lowest BCUT2D eigenvalue weighted by atomic mass is 9.89. The van der Waals surface area contributed by atoms with Gasteiger partial charge in [0.1, 0.15) is 5.72 Å². The fraction of sp³-hybridized carbons (Fsp3) is 0.500. The number of hydrogen-bond donors (Lipinski definition) is 1. The Balaban J connectivity index is 1.95. The van der Waals surface area contributed by atoms with E-state index in [1.54, 1.807) is 24.3 Å². The Morgan fingerprint density at radius 3 is 2.41 bits per heavy atom. The molecule has 1 atom stereocenters. The number of carboxylic acid groups (broad SMARTS) is 1. The number of rotatable bonds is 2. The van der Waals surface area contributed by atoms with Crippen LogP contribution in [0.3, 0.4) is 0 Å². The molecule has 3 rings (SSSR count). The molecule has 1 unspecified atom stereocenters. The predicted molar refractivity (Wildman–Crippen MR) is 83.5 cm³/mol. The molecule has 1 N–H and O–H groups in total. The van der Waals surface area contributed by atoms with Gasteiger partial charge < -0.3 is 9.84 Å². The van der Waals surface area contributed by atoms with E-state index in [1.807, 2.05) is 0 Å². The molecule has 1 aromatic carbocycles. The Morgan fingerprint density at radius 1 is 1.18 bits per heavy atom. The second kappa shape index (κ2) is 6.01. The van der Waals surface area contributed by atoms with E-state index in [2.05, 4.69) is 15.9 Å². The van der Waals surface area contributed by atoms with Crippen LogP contribution in [-0.2, 0) is 9.53 Å². The van der Waals surface area contributed by atoms with Crippen molar-refractivity contribution < 1.29 is 19.4 Å². The van der Waals surface area contributed by atoms with Gasteiger partial charge in [-0.15, -0.1) is 0 Å². The van der Waals surface area contributed by atoms with Crippen LogP contribution in [0.25, 0.3) is 0 Å². The number of carbonyl (C=O) groups excluding carboxylic acids is 1. The molecule has 118 valence electrons. The van der Waals surface area contributed by atoms with E-state index in [0.29, 0.717) is 18.4 Å². The standard InChI is InChI=1S/C16H18BrNO4/c17-12-6-4-11(5-7-12)14(19)18-13(15(20)21)10-22-16(18)8-2-1-3-9-16/h4-7,13H,1-3,8-10H2,(H,20,21). The van der Waals surface area contributed by atoms with E-state index in [-0.39, 0.29) is 12.5 Å². The van der Waals surface area contributed by atoms with Crippen molar-refractivity contribution in [3.8, 4) is 0 Å². The average Bonchev–Trinajstić information content (AvgIpc) is 2.87. The summed E-state index contributed by atoms with van der Waals surface area (Å²) in [7, 11) is 0. The zero-order valence-corrected chi connectivity index (χ0v) is 13.7. The molecule has 6 heteroatoms. The second-order valence-corrected chi connectivity index (χ2v) is 6.77. The number of nitrogens with zero attached hydrogens (tertiary/aromatic N) is 1. The van der Waals surface area contributed by atoms with Gasteiger partial charge in [-0.25, -0.2) is 4.79 Å². The quantitative estimate of drug-likeness (QED) is 0.872. The first-order valence-corrected chi connectivity index (χ1v) is 8.29. The highest BCUT2D eigenvalue weighted by Crippen LogP contribution is 2.41. The molecule has 0 radical (unpaired) electrons. The summed E-state index contributed by atoms with van der Waals surface area (Å²) < 4.78 is 6.73. The van der Waals surface area contributed by atoms with Gasteiger partial charge in [0, 0.05) is 10.0 Å². The van der Waals surface area contributed by atoms with Gasteiger partial charge in [-0.2, -0.15) is 0 Å². The molecule has 1 amide bonds. The van der Waals surface area contributed by atoms with Gasteiger partial charge >= 0.3 is 5.97 Å². The van der Waals surface area contributed by atoms with Crippen LogP contribution in [0, 0.1) is 0 Å². The number of carboxylic acids is 1. The number of carbonyl (C=O) groups is 2. The zero-order valence-electron chi connectivity index (χ0n) is 12.1. The van der Waals surface area contributed by atoms with E-state index in [4.69, 9.17) is 4.74 Å². The third-order valence-electron chi connectivity index (χ3n) is 4.49. The molecule has 1 saturated carbocycles. The minimum atomic E-state index is -1.01. The van der Waals surface area contributed by atoms with E-state index in [0.717, 1.165) is 23.7 Å². The molecule has 1 saturated heterocycles. The SMILES string of the molecule is O=C(O)C1COC2(CCCCC2)N1C(=O)c1ccc(Br)cc1. The van der Waals surface area contributed by atoms with Crippen LogP contribution >= 0.6 is 15.9 Å². The van der Waals surface area contributed by atoms with Crippen molar-refractivity contribution in [1.82, 2.24) is 4.90 Å². The first-order chi connectivity index (χ1) is 10.5. The number of ether oxygens (including phenoxy) is 1. The topological polar surface area (TPSA) is 66.8 Å². The van der Waals surface area contributed by atoms with Crippen molar-refractivity contribution in [2.45, 2.75) is 43.9 Å².